The summed E-state index contributed by atoms with van der Waals surface area (Å²) < 4.78 is 7.65. The van der Waals surface area contributed by atoms with Crippen LogP contribution >= 0.6 is 0 Å². The Hall–Kier alpha value is -1.44. The Bertz CT molecular complexity index is 570. The molecule has 25 heavy (non-hydrogen) atoms. The summed E-state index contributed by atoms with van der Waals surface area (Å²) in [5.74, 6) is 1.20. The first-order valence-electron chi connectivity index (χ1n) is 9.38. The maximum absolute atomic E-state index is 12.5. The Morgan fingerprint density at radius 1 is 1.48 bits per heavy atom. The van der Waals surface area contributed by atoms with Gasteiger partial charge in [0.25, 0.3) is 0 Å². The second-order valence-corrected chi connectivity index (χ2v) is 7.32. The maximum Gasteiger partial charge on any atom is 0.237 e. The Kier molecular flexibility index (Phi) is 6.09. The lowest BCUT2D eigenvalue weighted by molar-refractivity contribution is -0.127. The van der Waals surface area contributed by atoms with E-state index in [4.69, 9.17) is 4.74 Å². The van der Waals surface area contributed by atoms with Crippen LogP contribution in [0.3, 0.4) is 0 Å². The van der Waals surface area contributed by atoms with Crippen molar-refractivity contribution in [3.05, 3.63) is 18.2 Å². The van der Waals surface area contributed by atoms with Crippen LogP contribution in [-0.2, 0) is 23.1 Å². The number of amides is 1. The quantitative estimate of drug-likeness (QED) is 0.815. The van der Waals surface area contributed by atoms with Crippen molar-refractivity contribution < 1.29 is 9.53 Å². The van der Waals surface area contributed by atoms with Gasteiger partial charge in [0.1, 0.15) is 5.82 Å². The minimum absolute atomic E-state index is 0.0980. The van der Waals surface area contributed by atoms with Crippen molar-refractivity contribution in [3.8, 4) is 0 Å². The van der Waals surface area contributed by atoms with Crippen LogP contribution < -0.4 is 5.32 Å². The fourth-order valence-electron chi connectivity index (χ4n) is 3.67. The Balaban J connectivity index is 1.46. The molecule has 2 fully saturated rings. The molecule has 2 aliphatic rings. The molecule has 1 aromatic heterocycles. The minimum atomic E-state index is -0.0980. The van der Waals surface area contributed by atoms with Crippen molar-refractivity contribution in [1.82, 2.24) is 24.7 Å². The normalized spacial score (nSPS) is 26.7. The predicted molar refractivity (Wildman–Crippen MR) is 96.1 cm³/mol. The zero-order valence-corrected chi connectivity index (χ0v) is 15.6. The molecule has 0 unspecified atom stereocenters. The maximum atomic E-state index is 12.5. The first-order chi connectivity index (χ1) is 12.0. The summed E-state index contributed by atoms with van der Waals surface area (Å²) in [5, 5.41) is 3.06. The number of imidazole rings is 1. The van der Waals surface area contributed by atoms with E-state index < -0.39 is 0 Å². The number of nitrogens with zero attached hydrogens (tertiary/aromatic N) is 4. The lowest BCUT2D eigenvalue weighted by Crippen LogP contribution is -2.57. The van der Waals surface area contributed by atoms with Crippen LogP contribution in [0.1, 0.15) is 32.5 Å². The molecule has 7 heteroatoms. The summed E-state index contributed by atoms with van der Waals surface area (Å²) >= 11 is 0. The van der Waals surface area contributed by atoms with Crippen LogP contribution in [0.4, 0.5) is 0 Å². The largest absolute Gasteiger partial charge is 0.376 e. The molecule has 3 heterocycles. The predicted octanol–water partition coefficient (Wildman–Crippen LogP) is 0.610. The van der Waals surface area contributed by atoms with Crippen LogP contribution in [0, 0.1) is 0 Å². The Labute approximate surface area is 150 Å². The van der Waals surface area contributed by atoms with Crippen LogP contribution in [-0.4, -0.2) is 76.2 Å². The Morgan fingerprint density at radius 3 is 2.96 bits per heavy atom. The molecule has 0 aromatic carbocycles. The van der Waals surface area contributed by atoms with E-state index in [1.165, 1.54) is 0 Å². The second-order valence-electron chi connectivity index (χ2n) is 7.32. The molecule has 7 nitrogen and oxygen atoms in total. The number of aryl methyl sites for hydroxylation is 1. The number of carbonyl (C=O) groups excluding carboxylic acids is 1. The fourth-order valence-corrected chi connectivity index (χ4v) is 3.67. The first-order valence-corrected chi connectivity index (χ1v) is 9.38. The number of hydrogen-bond acceptors (Lipinski definition) is 5. The van der Waals surface area contributed by atoms with Gasteiger partial charge in [-0.2, -0.15) is 0 Å². The van der Waals surface area contributed by atoms with Gasteiger partial charge in [-0.05, 0) is 26.7 Å². The summed E-state index contributed by atoms with van der Waals surface area (Å²) in [6.07, 6.45) is 6.18. The summed E-state index contributed by atoms with van der Waals surface area (Å²) in [6.45, 7) is 9.32. The molecule has 1 amide bonds. The van der Waals surface area contributed by atoms with E-state index in [2.05, 4.69) is 31.6 Å². The van der Waals surface area contributed by atoms with Crippen molar-refractivity contribution in [2.75, 3.05) is 32.8 Å². The molecule has 3 rings (SSSR count). The molecular formula is C18H31N5O2. The van der Waals surface area contributed by atoms with Crippen molar-refractivity contribution in [1.29, 1.82) is 0 Å². The van der Waals surface area contributed by atoms with Crippen molar-refractivity contribution in [2.45, 2.75) is 51.4 Å². The van der Waals surface area contributed by atoms with E-state index in [0.29, 0.717) is 12.6 Å². The number of aromatic nitrogens is 2. The Morgan fingerprint density at radius 2 is 2.32 bits per heavy atom. The van der Waals surface area contributed by atoms with E-state index in [1.807, 2.05) is 26.4 Å². The molecule has 0 saturated carbocycles. The van der Waals surface area contributed by atoms with Gasteiger partial charge in [0.15, 0.2) is 0 Å². The van der Waals surface area contributed by atoms with Gasteiger partial charge in [-0.15, -0.1) is 0 Å². The summed E-state index contributed by atoms with van der Waals surface area (Å²) in [5.41, 5.74) is 0. The average molecular weight is 349 g/mol. The summed E-state index contributed by atoms with van der Waals surface area (Å²) in [4.78, 5) is 21.6. The van der Waals surface area contributed by atoms with Crippen molar-refractivity contribution in [3.63, 3.8) is 0 Å². The molecular weight excluding hydrogens is 318 g/mol. The zero-order valence-electron chi connectivity index (χ0n) is 15.6. The van der Waals surface area contributed by atoms with E-state index in [0.717, 1.165) is 51.5 Å². The van der Waals surface area contributed by atoms with E-state index >= 15 is 0 Å². The van der Waals surface area contributed by atoms with Crippen LogP contribution in [0.25, 0.3) is 0 Å². The molecule has 0 bridgehead atoms. The first kappa shape index (κ1) is 18.4. The van der Waals surface area contributed by atoms with E-state index in [1.54, 1.807) is 0 Å². The van der Waals surface area contributed by atoms with Gasteiger partial charge in [-0.3, -0.25) is 14.6 Å². The van der Waals surface area contributed by atoms with Crippen molar-refractivity contribution in [2.24, 2.45) is 7.05 Å². The minimum Gasteiger partial charge on any atom is -0.376 e. The third-order valence-electron chi connectivity index (χ3n) is 5.52. The lowest BCUT2D eigenvalue weighted by atomic mass is 10.1. The van der Waals surface area contributed by atoms with Gasteiger partial charge in [0.2, 0.25) is 5.91 Å². The molecule has 1 aromatic rings. The highest BCUT2D eigenvalue weighted by molar-refractivity contribution is 5.81. The molecule has 0 spiro atoms. The molecule has 0 aliphatic carbocycles. The number of piperazine rings is 1. The number of ether oxygens (including phenoxy) is 1. The summed E-state index contributed by atoms with van der Waals surface area (Å²) in [7, 11) is 2.03. The fraction of sp³-hybridized carbons (Fsp3) is 0.778. The smallest absolute Gasteiger partial charge is 0.237 e. The molecule has 3 atom stereocenters. The topological polar surface area (TPSA) is 62.6 Å². The van der Waals surface area contributed by atoms with E-state index in [9.17, 15) is 4.79 Å². The molecule has 0 radical (unpaired) electrons. The highest BCUT2D eigenvalue weighted by Gasteiger charge is 2.30. The third kappa shape index (κ3) is 4.59. The molecule has 2 aliphatic heterocycles. The highest BCUT2D eigenvalue weighted by Crippen LogP contribution is 2.15. The molecule has 1 N–H and O–H groups in total. The number of rotatable bonds is 6. The van der Waals surface area contributed by atoms with E-state index in [-0.39, 0.29) is 18.1 Å². The summed E-state index contributed by atoms with van der Waals surface area (Å²) in [6, 6.07) is 0.304. The third-order valence-corrected chi connectivity index (χ3v) is 5.52. The van der Waals surface area contributed by atoms with Crippen LogP contribution in [0.2, 0.25) is 0 Å². The van der Waals surface area contributed by atoms with Gasteiger partial charge in [0, 0.05) is 58.3 Å². The second kappa shape index (κ2) is 8.29. The van der Waals surface area contributed by atoms with Gasteiger partial charge in [0.05, 0.1) is 18.7 Å². The van der Waals surface area contributed by atoms with Gasteiger partial charge in [-0.25, -0.2) is 4.98 Å². The molecule has 140 valence electrons. The average Bonchev–Trinajstić information content (AvgIpc) is 3.26. The highest BCUT2D eigenvalue weighted by atomic mass is 16.5. The molecule has 2 saturated heterocycles. The number of nitrogens with one attached hydrogen (secondary N) is 1. The SMILES string of the molecule is C[C@@H]1CN([C@H](C)C(=O)NC[C@@H]2CCCO2)CCN1Cc1nccn1C. The lowest BCUT2D eigenvalue weighted by Gasteiger charge is -2.41. The zero-order chi connectivity index (χ0) is 17.8. The standard InChI is InChI=1S/C18H31N5O2/c1-14-12-23(9-8-22(14)13-17-19-6-7-21(17)3)15(2)18(24)20-11-16-5-4-10-25-16/h6-7,14-16H,4-5,8-13H2,1-3H3,(H,20,24)/t14-,15-,16+/m1/s1. The van der Waals surface area contributed by atoms with Gasteiger partial charge < -0.3 is 14.6 Å². The van der Waals surface area contributed by atoms with Crippen LogP contribution in [0.5, 0.6) is 0 Å². The van der Waals surface area contributed by atoms with Gasteiger partial charge >= 0.3 is 0 Å². The monoisotopic (exact) mass is 349 g/mol. The van der Waals surface area contributed by atoms with Crippen molar-refractivity contribution >= 4 is 5.91 Å². The number of hydrogen-bond donors (Lipinski definition) is 1. The van der Waals surface area contributed by atoms with Gasteiger partial charge in [-0.1, -0.05) is 0 Å². The van der Waals surface area contributed by atoms with Crippen LogP contribution in [0.15, 0.2) is 12.4 Å². The number of carbonyl (C=O) groups is 1.